The van der Waals surface area contributed by atoms with Crippen molar-refractivity contribution in [1.82, 2.24) is 19.0 Å². The molecule has 2 fully saturated rings. The molecule has 4 rings (SSSR count). The first-order valence-electron chi connectivity index (χ1n) is 10.0. The van der Waals surface area contributed by atoms with Crippen molar-refractivity contribution in [2.75, 3.05) is 32.8 Å². The molecule has 1 aromatic heterocycles. The number of benzene rings is 1. The van der Waals surface area contributed by atoms with Crippen LogP contribution < -0.4 is 0 Å². The minimum Gasteiger partial charge on any atom is -0.283 e. The number of imide groups is 2. The van der Waals surface area contributed by atoms with Gasteiger partial charge in [0.25, 0.3) is 0 Å². The van der Waals surface area contributed by atoms with E-state index in [0.29, 0.717) is 13.1 Å². The van der Waals surface area contributed by atoms with E-state index in [1.807, 2.05) is 41.8 Å². The van der Waals surface area contributed by atoms with Crippen LogP contribution in [-0.4, -0.2) is 78.1 Å². The molecule has 0 saturated carbocycles. The van der Waals surface area contributed by atoms with Gasteiger partial charge in [0.05, 0.1) is 13.2 Å². The van der Waals surface area contributed by atoms with Gasteiger partial charge in [-0.15, -0.1) is 11.3 Å². The van der Waals surface area contributed by atoms with Crippen LogP contribution in [0.25, 0.3) is 6.08 Å². The number of nitrogens with zero attached hydrogens (tertiary/aromatic N) is 4. The zero-order valence-electron chi connectivity index (χ0n) is 17.2. The maximum Gasteiger partial charge on any atom is 0.335 e. The highest BCUT2D eigenvalue weighted by Gasteiger charge is 2.45. The predicted molar refractivity (Wildman–Crippen MR) is 120 cm³/mol. The maximum atomic E-state index is 12.6. The van der Waals surface area contributed by atoms with Crippen LogP contribution in [0.3, 0.4) is 0 Å². The third-order valence-corrected chi connectivity index (χ3v) is 7.72. The van der Waals surface area contributed by atoms with Crippen molar-refractivity contribution in [2.24, 2.45) is 0 Å². The van der Waals surface area contributed by atoms with Gasteiger partial charge >= 0.3 is 17.8 Å². The summed E-state index contributed by atoms with van der Waals surface area (Å²) in [5.41, 5.74) is 0.789. The number of amides is 4. The summed E-state index contributed by atoms with van der Waals surface area (Å²) in [5.74, 6) is -1.69. The molecule has 9 nitrogen and oxygen atoms in total. The number of carbonyl (C=O) groups is 3. The second kappa shape index (κ2) is 9.33. The Morgan fingerprint density at radius 1 is 0.875 bits per heavy atom. The second-order valence-electron chi connectivity index (χ2n) is 7.40. The summed E-state index contributed by atoms with van der Waals surface area (Å²) in [7, 11) is -3.58. The monoisotopic (exact) mass is 474 g/mol. The summed E-state index contributed by atoms with van der Waals surface area (Å²) in [4.78, 5) is 41.7. The van der Waals surface area contributed by atoms with Gasteiger partial charge in [-0.2, -0.15) is 4.31 Å². The molecular weight excluding hydrogens is 452 g/mol. The zero-order valence-corrected chi connectivity index (χ0v) is 18.8. The highest BCUT2D eigenvalue weighted by Crippen LogP contribution is 2.20. The highest BCUT2D eigenvalue weighted by molar-refractivity contribution is 7.92. The van der Waals surface area contributed by atoms with Crippen molar-refractivity contribution in [3.63, 3.8) is 0 Å². The molecular formula is C21H22N4O5S2. The first-order chi connectivity index (χ1) is 15.3. The summed E-state index contributed by atoms with van der Waals surface area (Å²) in [6, 6.07) is 12.1. The van der Waals surface area contributed by atoms with E-state index in [9.17, 15) is 22.8 Å². The van der Waals surface area contributed by atoms with Crippen molar-refractivity contribution in [1.29, 1.82) is 0 Å². The van der Waals surface area contributed by atoms with Crippen molar-refractivity contribution < 1.29 is 22.8 Å². The molecule has 4 amide bonds. The van der Waals surface area contributed by atoms with Gasteiger partial charge in [0.15, 0.2) is 0 Å². The molecule has 0 unspecified atom stereocenters. The third kappa shape index (κ3) is 4.80. The normalized spacial score (nSPS) is 18.9. The molecule has 0 aliphatic carbocycles. The van der Waals surface area contributed by atoms with E-state index in [0.717, 1.165) is 20.2 Å². The Morgan fingerprint density at radius 2 is 1.56 bits per heavy atom. The Labute approximate surface area is 190 Å². The molecule has 0 radical (unpaired) electrons. The quantitative estimate of drug-likeness (QED) is 0.447. The molecule has 0 N–H and O–H groups in total. The van der Waals surface area contributed by atoms with Crippen LogP contribution >= 0.6 is 11.3 Å². The van der Waals surface area contributed by atoms with Crippen LogP contribution in [0.5, 0.6) is 0 Å². The number of rotatable bonds is 7. The van der Waals surface area contributed by atoms with E-state index >= 15 is 0 Å². The van der Waals surface area contributed by atoms with Crippen molar-refractivity contribution in [3.05, 3.63) is 63.7 Å². The summed E-state index contributed by atoms with van der Waals surface area (Å²) in [6.07, 6.45) is 1.55. The lowest BCUT2D eigenvalue weighted by molar-refractivity contribution is -0.144. The minimum atomic E-state index is -3.58. The van der Waals surface area contributed by atoms with Crippen LogP contribution in [0.4, 0.5) is 4.79 Å². The first-order valence-corrected chi connectivity index (χ1v) is 12.4. The molecule has 0 bridgehead atoms. The molecule has 32 heavy (non-hydrogen) atoms. The van der Waals surface area contributed by atoms with Gasteiger partial charge in [-0.05, 0) is 23.1 Å². The molecule has 2 aromatic rings. The van der Waals surface area contributed by atoms with Crippen LogP contribution in [0.1, 0.15) is 10.4 Å². The fourth-order valence-corrected chi connectivity index (χ4v) is 5.38. The van der Waals surface area contributed by atoms with E-state index < -0.39 is 27.9 Å². The minimum absolute atomic E-state index is 0.0436. The van der Waals surface area contributed by atoms with E-state index in [4.69, 9.17) is 0 Å². The molecule has 0 atom stereocenters. The smallest absolute Gasteiger partial charge is 0.283 e. The Morgan fingerprint density at radius 3 is 2.22 bits per heavy atom. The van der Waals surface area contributed by atoms with Gasteiger partial charge in [-0.1, -0.05) is 36.4 Å². The third-order valence-electron chi connectivity index (χ3n) is 5.29. The summed E-state index contributed by atoms with van der Waals surface area (Å²) >= 11 is 1.40. The average Bonchev–Trinajstić information content (AvgIpc) is 3.38. The maximum absolute atomic E-state index is 12.6. The zero-order chi connectivity index (χ0) is 22.7. The topological polar surface area (TPSA) is 98.3 Å². The van der Waals surface area contributed by atoms with Crippen LogP contribution in [-0.2, 0) is 26.2 Å². The van der Waals surface area contributed by atoms with Gasteiger partial charge in [0, 0.05) is 36.5 Å². The second-order valence-corrected chi connectivity index (χ2v) is 10.3. The van der Waals surface area contributed by atoms with Gasteiger partial charge in [0.2, 0.25) is 10.0 Å². The molecule has 2 aliphatic heterocycles. The van der Waals surface area contributed by atoms with E-state index in [-0.39, 0.29) is 26.3 Å². The lowest BCUT2D eigenvalue weighted by Gasteiger charge is -2.34. The van der Waals surface area contributed by atoms with Crippen LogP contribution in [0, 0.1) is 0 Å². The summed E-state index contributed by atoms with van der Waals surface area (Å²) in [5, 5.41) is 3.02. The summed E-state index contributed by atoms with van der Waals surface area (Å²) < 4.78 is 26.6. The molecule has 2 aliphatic rings. The molecule has 1 aromatic carbocycles. The largest absolute Gasteiger partial charge is 0.335 e. The molecule has 3 heterocycles. The Hall–Kier alpha value is -2.86. The fourth-order valence-electron chi connectivity index (χ4n) is 3.51. The molecule has 168 valence electrons. The van der Waals surface area contributed by atoms with Gasteiger partial charge in [-0.25, -0.2) is 18.1 Å². The van der Waals surface area contributed by atoms with E-state index in [2.05, 4.69) is 0 Å². The Kier molecular flexibility index (Phi) is 6.51. The van der Waals surface area contributed by atoms with Gasteiger partial charge in [-0.3, -0.25) is 19.4 Å². The standard InChI is InChI=1S/C21H22N4O5S2/c26-19-20(27)25(21(28)24(19)15-18-7-4-13-31-18)16-22-9-11-23(12-10-22)32(29,30)14-8-17-5-2-1-3-6-17/h1-8,13-14H,9-12,15-16H2/b14-8+. The summed E-state index contributed by atoms with van der Waals surface area (Å²) in [6.45, 7) is 1.16. The van der Waals surface area contributed by atoms with Crippen molar-refractivity contribution in [3.8, 4) is 0 Å². The number of carbonyl (C=O) groups excluding carboxylic acids is 3. The SMILES string of the molecule is O=C1C(=O)N(CN2CCN(S(=O)(=O)/C=C/c3ccccc3)CC2)C(=O)N1Cc1cccs1. The number of thiophene rings is 1. The van der Waals surface area contributed by atoms with Crippen molar-refractivity contribution in [2.45, 2.75) is 6.54 Å². The average molecular weight is 475 g/mol. The number of hydrogen-bond donors (Lipinski definition) is 0. The molecule has 2 saturated heterocycles. The number of urea groups is 1. The lowest BCUT2D eigenvalue weighted by atomic mass is 10.2. The van der Waals surface area contributed by atoms with Crippen LogP contribution in [0.15, 0.2) is 53.3 Å². The molecule has 11 heteroatoms. The van der Waals surface area contributed by atoms with Gasteiger partial charge < -0.3 is 0 Å². The predicted octanol–water partition coefficient (Wildman–Crippen LogP) is 1.61. The van der Waals surface area contributed by atoms with Gasteiger partial charge in [0.1, 0.15) is 0 Å². The lowest BCUT2D eigenvalue weighted by Crippen LogP contribution is -2.52. The Bertz CT molecular complexity index is 1120. The van der Waals surface area contributed by atoms with E-state index in [1.54, 1.807) is 17.0 Å². The fraction of sp³-hybridized carbons (Fsp3) is 0.286. The van der Waals surface area contributed by atoms with E-state index in [1.165, 1.54) is 21.1 Å². The Balaban J connectivity index is 1.33. The van der Waals surface area contributed by atoms with Crippen LogP contribution in [0.2, 0.25) is 0 Å². The van der Waals surface area contributed by atoms with Crippen molar-refractivity contribution >= 4 is 45.3 Å². The molecule has 0 spiro atoms. The number of sulfonamides is 1. The first kappa shape index (κ1) is 22.3. The number of hydrogen-bond acceptors (Lipinski definition) is 7. The number of piperazine rings is 1. The highest BCUT2D eigenvalue weighted by atomic mass is 32.2.